The maximum Gasteiger partial charge on any atom is 0.356 e. The summed E-state index contributed by atoms with van der Waals surface area (Å²) in [5.41, 5.74) is 9.15. The number of rotatable bonds is 3. The van der Waals surface area contributed by atoms with Crippen molar-refractivity contribution in [1.29, 1.82) is 0 Å². The van der Waals surface area contributed by atoms with Crippen LogP contribution in [0.25, 0.3) is 17.2 Å². The van der Waals surface area contributed by atoms with E-state index in [0.29, 0.717) is 17.2 Å². The van der Waals surface area contributed by atoms with Crippen molar-refractivity contribution in [2.24, 2.45) is 0 Å². The third-order valence-electron chi connectivity index (χ3n) is 3.21. The molecule has 0 saturated carbocycles. The molecule has 112 valence electrons. The summed E-state index contributed by atoms with van der Waals surface area (Å²) in [5, 5.41) is 13.3. The first-order valence-electron chi connectivity index (χ1n) is 6.72. The minimum atomic E-state index is -1.08. The Morgan fingerprint density at radius 2 is 2.05 bits per heavy atom. The molecule has 3 heterocycles. The van der Waals surface area contributed by atoms with Gasteiger partial charge in [0, 0.05) is 18.0 Å². The molecule has 1 aliphatic rings. The smallest absolute Gasteiger partial charge is 0.356 e. The van der Waals surface area contributed by atoms with Crippen LogP contribution in [0.5, 0.6) is 0 Å². The highest BCUT2D eigenvalue weighted by molar-refractivity contribution is 5.87. The Balaban J connectivity index is 2.12. The second-order valence-corrected chi connectivity index (χ2v) is 5.00. The molecule has 2 aromatic rings. The molecule has 22 heavy (non-hydrogen) atoms. The van der Waals surface area contributed by atoms with Gasteiger partial charge < -0.3 is 10.5 Å². The van der Waals surface area contributed by atoms with Gasteiger partial charge in [0.25, 0.3) is 0 Å². The second-order valence-electron chi connectivity index (χ2n) is 5.00. The van der Waals surface area contributed by atoms with Gasteiger partial charge in [-0.2, -0.15) is 5.10 Å². The van der Waals surface area contributed by atoms with E-state index in [1.165, 1.54) is 10.7 Å². The van der Waals surface area contributed by atoms with Gasteiger partial charge in [-0.05, 0) is 37.6 Å². The minimum absolute atomic E-state index is 0.0358. The van der Waals surface area contributed by atoms with Crippen LogP contribution in [0, 0.1) is 6.92 Å². The largest absolute Gasteiger partial charge is 0.476 e. The summed E-state index contributed by atoms with van der Waals surface area (Å²) in [5.74, 6) is -0.460. The van der Waals surface area contributed by atoms with Crippen LogP contribution in [0.3, 0.4) is 0 Å². The number of carboxylic acids is 1. The van der Waals surface area contributed by atoms with Gasteiger partial charge in [-0.25, -0.2) is 9.48 Å². The maximum atomic E-state index is 11.2. The molecule has 3 rings (SSSR count). The van der Waals surface area contributed by atoms with Gasteiger partial charge in [0.15, 0.2) is 5.69 Å². The highest BCUT2D eigenvalue weighted by atomic mass is 16.4. The zero-order valence-corrected chi connectivity index (χ0v) is 12.2. The van der Waals surface area contributed by atoms with Crippen molar-refractivity contribution >= 4 is 11.8 Å². The number of aromatic carboxylic acids is 1. The van der Waals surface area contributed by atoms with Gasteiger partial charge >= 0.3 is 5.97 Å². The van der Waals surface area contributed by atoms with Gasteiger partial charge in [-0.3, -0.25) is 10.4 Å². The van der Waals surface area contributed by atoms with E-state index in [9.17, 15) is 9.90 Å². The van der Waals surface area contributed by atoms with E-state index in [1.54, 1.807) is 6.20 Å². The van der Waals surface area contributed by atoms with Gasteiger partial charge in [0.2, 0.25) is 0 Å². The summed E-state index contributed by atoms with van der Waals surface area (Å²) in [4.78, 5) is 15.6. The SMILES string of the molecule is CC1=CC=C(n2nc(C(=O)O)cc2-c2ccc(C)cn2)NN1. The summed E-state index contributed by atoms with van der Waals surface area (Å²) in [6.07, 6.45) is 5.43. The highest BCUT2D eigenvalue weighted by Crippen LogP contribution is 2.22. The summed E-state index contributed by atoms with van der Waals surface area (Å²) in [6.45, 7) is 3.86. The molecule has 0 spiro atoms. The molecule has 0 aliphatic carbocycles. The maximum absolute atomic E-state index is 11.2. The molecule has 0 fully saturated rings. The monoisotopic (exact) mass is 297 g/mol. The van der Waals surface area contributed by atoms with Crippen molar-refractivity contribution in [2.75, 3.05) is 0 Å². The Morgan fingerprint density at radius 3 is 2.64 bits per heavy atom. The van der Waals surface area contributed by atoms with Gasteiger partial charge in [0.1, 0.15) is 5.82 Å². The lowest BCUT2D eigenvalue weighted by atomic mass is 10.2. The zero-order chi connectivity index (χ0) is 15.7. The predicted octanol–water partition coefficient (Wildman–Crippen LogP) is 1.76. The van der Waals surface area contributed by atoms with Crippen LogP contribution < -0.4 is 10.9 Å². The lowest BCUT2D eigenvalue weighted by molar-refractivity contribution is 0.0690. The molecule has 0 unspecified atom stereocenters. The van der Waals surface area contributed by atoms with E-state index in [-0.39, 0.29) is 5.69 Å². The first kappa shape index (κ1) is 13.9. The predicted molar refractivity (Wildman–Crippen MR) is 81.5 cm³/mol. The third-order valence-corrected chi connectivity index (χ3v) is 3.21. The van der Waals surface area contributed by atoms with E-state index in [2.05, 4.69) is 20.9 Å². The van der Waals surface area contributed by atoms with E-state index >= 15 is 0 Å². The van der Waals surface area contributed by atoms with Gasteiger partial charge in [0.05, 0.1) is 11.4 Å². The van der Waals surface area contributed by atoms with Crippen LogP contribution in [0.1, 0.15) is 23.0 Å². The molecule has 0 radical (unpaired) electrons. The molecule has 7 nitrogen and oxygen atoms in total. The lowest BCUT2D eigenvalue weighted by Gasteiger charge is -2.18. The Morgan fingerprint density at radius 1 is 1.23 bits per heavy atom. The number of pyridine rings is 1. The molecule has 0 atom stereocenters. The topological polar surface area (TPSA) is 92.1 Å². The van der Waals surface area contributed by atoms with Crippen LogP contribution in [-0.2, 0) is 0 Å². The number of allylic oxidation sites excluding steroid dienone is 3. The number of hydrazine groups is 1. The number of aromatic nitrogens is 3. The molecule has 3 N–H and O–H groups in total. The summed E-state index contributed by atoms with van der Waals surface area (Å²) >= 11 is 0. The zero-order valence-electron chi connectivity index (χ0n) is 12.2. The Labute approximate surface area is 127 Å². The summed E-state index contributed by atoms with van der Waals surface area (Å²) < 4.78 is 1.52. The number of carbonyl (C=O) groups is 1. The van der Waals surface area contributed by atoms with Crippen molar-refractivity contribution in [3.63, 3.8) is 0 Å². The fourth-order valence-corrected chi connectivity index (χ4v) is 2.04. The number of hydrogen-bond acceptors (Lipinski definition) is 5. The first-order chi connectivity index (χ1) is 10.5. The van der Waals surface area contributed by atoms with E-state index in [1.807, 2.05) is 38.1 Å². The molecular formula is C15H15N5O2. The minimum Gasteiger partial charge on any atom is -0.476 e. The van der Waals surface area contributed by atoms with Crippen LogP contribution in [0.15, 0.2) is 42.2 Å². The number of carboxylic acid groups (broad SMARTS) is 1. The standard InChI is InChI=1S/C15H15N5O2/c1-9-3-5-11(16-8-9)13-7-12(15(21)22)19-20(13)14-6-4-10(2)17-18-14/h3-8,17-18H,1-2H3,(H,21,22). The number of aryl methyl sites for hydroxylation is 1. The van der Waals surface area contributed by atoms with Gasteiger partial charge in [-0.15, -0.1) is 0 Å². The van der Waals surface area contributed by atoms with Crippen LogP contribution >= 0.6 is 0 Å². The average Bonchev–Trinajstić information content (AvgIpc) is 2.94. The highest BCUT2D eigenvalue weighted by Gasteiger charge is 2.18. The Bertz CT molecular complexity index is 787. The normalized spacial score (nSPS) is 13.7. The first-order valence-corrected chi connectivity index (χ1v) is 6.72. The molecule has 7 heteroatoms. The third kappa shape index (κ3) is 2.56. The summed E-state index contributed by atoms with van der Waals surface area (Å²) in [7, 11) is 0. The van der Waals surface area contributed by atoms with E-state index in [0.717, 1.165) is 11.3 Å². The molecule has 1 aliphatic heterocycles. The molecule has 0 amide bonds. The van der Waals surface area contributed by atoms with Crippen molar-refractivity contribution < 1.29 is 9.90 Å². The fraction of sp³-hybridized carbons (Fsp3) is 0.133. The second kappa shape index (κ2) is 5.36. The summed E-state index contributed by atoms with van der Waals surface area (Å²) in [6, 6.07) is 5.27. The Kier molecular flexibility index (Phi) is 3.38. The number of nitrogens with zero attached hydrogens (tertiary/aromatic N) is 3. The number of nitrogens with one attached hydrogen (secondary N) is 2. The fourth-order valence-electron chi connectivity index (χ4n) is 2.04. The van der Waals surface area contributed by atoms with Crippen molar-refractivity contribution in [1.82, 2.24) is 25.6 Å². The van der Waals surface area contributed by atoms with Gasteiger partial charge in [-0.1, -0.05) is 6.07 Å². The molecular weight excluding hydrogens is 282 g/mol. The van der Waals surface area contributed by atoms with Crippen LogP contribution in [0.2, 0.25) is 0 Å². The molecule has 0 aromatic carbocycles. The van der Waals surface area contributed by atoms with Crippen LogP contribution in [-0.4, -0.2) is 25.8 Å². The molecule has 0 saturated heterocycles. The van der Waals surface area contributed by atoms with Crippen molar-refractivity contribution in [3.05, 3.63) is 53.5 Å². The average molecular weight is 297 g/mol. The van der Waals surface area contributed by atoms with Crippen molar-refractivity contribution in [2.45, 2.75) is 13.8 Å². The van der Waals surface area contributed by atoms with E-state index < -0.39 is 5.97 Å². The molecule has 0 bridgehead atoms. The lowest BCUT2D eigenvalue weighted by Crippen LogP contribution is -2.33. The Hall–Kier alpha value is -3.09. The quantitative estimate of drug-likeness (QED) is 0.799. The number of hydrogen-bond donors (Lipinski definition) is 3. The molecule has 2 aromatic heterocycles. The van der Waals surface area contributed by atoms with Crippen molar-refractivity contribution in [3.8, 4) is 11.4 Å². The van der Waals surface area contributed by atoms with E-state index in [4.69, 9.17) is 0 Å². The van der Waals surface area contributed by atoms with Crippen LogP contribution in [0.4, 0.5) is 0 Å².